The highest BCUT2D eigenvalue weighted by Gasteiger charge is 2.15. The van der Waals surface area contributed by atoms with Crippen molar-refractivity contribution in [3.63, 3.8) is 0 Å². The number of halogens is 1. The molecule has 0 aliphatic rings. The minimum absolute atomic E-state index is 0.146. The molecule has 160 valence electrons. The maximum Gasteiger partial charge on any atom is 0.208 e. The van der Waals surface area contributed by atoms with Crippen molar-refractivity contribution in [2.75, 3.05) is 11.9 Å². The number of fused-ring (bicyclic) bond motifs is 1. The Labute approximate surface area is 188 Å². The summed E-state index contributed by atoms with van der Waals surface area (Å²) in [5, 5.41) is 4.19. The van der Waals surface area contributed by atoms with Crippen LogP contribution in [-0.4, -0.2) is 16.2 Å². The first-order chi connectivity index (χ1) is 14.8. The highest BCUT2D eigenvalue weighted by Crippen LogP contribution is 2.28. The van der Waals surface area contributed by atoms with Gasteiger partial charge in [-0.05, 0) is 65.9 Å². The maximum atomic E-state index is 6.22. The number of ether oxygens (including phenoxy) is 1. The molecule has 4 rings (SSSR count). The second-order valence-electron chi connectivity index (χ2n) is 8.63. The number of hydrogen-bond donors (Lipinski definition) is 1. The largest absolute Gasteiger partial charge is 0.494 e. The zero-order valence-corrected chi connectivity index (χ0v) is 19.2. The molecule has 3 aromatic carbocycles. The molecule has 1 heterocycles. The van der Waals surface area contributed by atoms with E-state index in [2.05, 4.69) is 54.9 Å². The van der Waals surface area contributed by atoms with Gasteiger partial charge in [0.1, 0.15) is 5.75 Å². The predicted octanol–water partition coefficient (Wildman–Crippen LogP) is 6.99. The number of nitrogens with zero attached hydrogens (tertiary/aromatic N) is 2. The van der Waals surface area contributed by atoms with Crippen molar-refractivity contribution in [3.05, 3.63) is 82.9 Å². The van der Waals surface area contributed by atoms with Gasteiger partial charge in [-0.25, -0.2) is 4.98 Å². The highest BCUT2D eigenvalue weighted by molar-refractivity contribution is 6.31. The van der Waals surface area contributed by atoms with Crippen LogP contribution in [0.4, 0.5) is 5.95 Å². The third kappa shape index (κ3) is 4.70. The lowest BCUT2D eigenvalue weighted by molar-refractivity contribution is 0.340. The van der Waals surface area contributed by atoms with E-state index in [1.807, 2.05) is 49.4 Å². The average Bonchev–Trinajstić information content (AvgIpc) is 3.10. The standard InChI is InChI=1S/C26H28ClN3O/c1-5-31-22-13-11-21(12-14-22)30-24-15-10-20(27)16-23(24)29-25(30)28-17-18-6-8-19(9-7-18)26(2,3)4/h6-16H,5,17H2,1-4H3,(H,28,29). The monoisotopic (exact) mass is 433 g/mol. The molecular formula is C26H28ClN3O. The second kappa shape index (κ2) is 8.64. The topological polar surface area (TPSA) is 39.1 Å². The van der Waals surface area contributed by atoms with E-state index in [1.165, 1.54) is 11.1 Å². The van der Waals surface area contributed by atoms with Crippen LogP contribution in [0, 0.1) is 0 Å². The third-order valence-corrected chi connectivity index (χ3v) is 5.53. The van der Waals surface area contributed by atoms with Gasteiger partial charge >= 0.3 is 0 Å². The van der Waals surface area contributed by atoms with Crippen molar-refractivity contribution >= 4 is 28.6 Å². The summed E-state index contributed by atoms with van der Waals surface area (Å²) in [4.78, 5) is 4.82. The molecule has 0 aliphatic carbocycles. The summed E-state index contributed by atoms with van der Waals surface area (Å²) < 4.78 is 7.71. The van der Waals surface area contributed by atoms with Crippen molar-refractivity contribution in [3.8, 4) is 11.4 Å². The molecule has 1 aromatic heterocycles. The molecule has 4 nitrogen and oxygen atoms in total. The number of aromatic nitrogens is 2. The average molecular weight is 434 g/mol. The van der Waals surface area contributed by atoms with E-state index in [4.69, 9.17) is 21.3 Å². The fourth-order valence-corrected chi connectivity index (χ4v) is 3.76. The lowest BCUT2D eigenvalue weighted by Gasteiger charge is -2.19. The number of hydrogen-bond acceptors (Lipinski definition) is 3. The molecule has 0 spiro atoms. The first-order valence-electron chi connectivity index (χ1n) is 10.6. The van der Waals surface area contributed by atoms with Crippen LogP contribution in [0.3, 0.4) is 0 Å². The molecule has 0 fully saturated rings. The van der Waals surface area contributed by atoms with E-state index in [-0.39, 0.29) is 5.41 Å². The van der Waals surface area contributed by atoms with E-state index in [9.17, 15) is 0 Å². The zero-order chi connectivity index (χ0) is 22.0. The van der Waals surface area contributed by atoms with Gasteiger partial charge in [0, 0.05) is 17.3 Å². The Morgan fingerprint density at radius 3 is 2.32 bits per heavy atom. The summed E-state index contributed by atoms with van der Waals surface area (Å²) in [7, 11) is 0. The molecule has 0 aliphatic heterocycles. The molecular weight excluding hydrogens is 406 g/mol. The second-order valence-corrected chi connectivity index (χ2v) is 9.07. The summed E-state index contributed by atoms with van der Waals surface area (Å²) in [6.07, 6.45) is 0. The van der Waals surface area contributed by atoms with Crippen molar-refractivity contribution in [2.45, 2.75) is 39.7 Å². The molecule has 4 aromatic rings. The van der Waals surface area contributed by atoms with Crippen LogP contribution in [0.25, 0.3) is 16.7 Å². The Balaban J connectivity index is 1.66. The van der Waals surface area contributed by atoms with Crippen molar-refractivity contribution in [2.24, 2.45) is 0 Å². The predicted molar refractivity (Wildman–Crippen MR) is 130 cm³/mol. The molecule has 0 atom stereocenters. The molecule has 0 saturated heterocycles. The number of anilines is 1. The summed E-state index contributed by atoms with van der Waals surface area (Å²) in [6, 6.07) is 22.6. The Kier molecular flexibility index (Phi) is 5.92. The number of imidazole rings is 1. The van der Waals surface area contributed by atoms with Crippen LogP contribution in [0.15, 0.2) is 66.7 Å². The van der Waals surface area contributed by atoms with Gasteiger partial charge in [0.25, 0.3) is 0 Å². The molecule has 0 unspecified atom stereocenters. The van der Waals surface area contributed by atoms with Gasteiger partial charge < -0.3 is 10.1 Å². The van der Waals surface area contributed by atoms with Crippen LogP contribution in [0.2, 0.25) is 5.02 Å². The molecule has 0 saturated carbocycles. The molecule has 31 heavy (non-hydrogen) atoms. The Morgan fingerprint density at radius 1 is 0.968 bits per heavy atom. The van der Waals surface area contributed by atoms with Crippen LogP contribution in [0.5, 0.6) is 5.75 Å². The summed E-state index contributed by atoms with van der Waals surface area (Å²) in [5.74, 6) is 1.63. The minimum Gasteiger partial charge on any atom is -0.494 e. The van der Waals surface area contributed by atoms with E-state index < -0.39 is 0 Å². The normalized spacial score (nSPS) is 11.6. The first-order valence-corrected chi connectivity index (χ1v) is 11.0. The summed E-state index contributed by atoms with van der Waals surface area (Å²) >= 11 is 6.22. The Bertz CT molecular complexity index is 1170. The quantitative estimate of drug-likeness (QED) is 0.356. The van der Waals surface area contributed by atoms with Crippen LogP contribution < -0.4 is 10.1 Å². The smallest absolute Gasteiger partial charge is 0.208 e. The third-order valence-electron chi connectivity index (χ3n) is 5.29. The van der Waals surface area contributed by atoms with Crippen molar-refractivity contribution < 1.29 is 4.74 Å². The van der Waals surface area contributed by atoms with Crippen LogP contribution >= 0.6 is 11.6 Å². The van der Waals surface area contributed by atoms with E-state index in [0.717, 1.165) is 28.4 Å². The summed E-state index contributed by atoms with van der Waals surface area (Å²) in [5.41, 5.74) is 5.54. The van der Waals surface area contributed by atoms with E-state index >= 15 is 0 Å². The van der Waals surface area contributed by atoms with Gasteiger partial charge in [0.05, 0.1) is 17.6 Å². The molecule has 0 radical (unpaired) electrons. The zero-order valence-electron chi connectivity index (χ0n) is 18.4. The number of rotatable bonds is 6. The lowest BCUT2D eigenvalue weighted by atomic mass is 9.87. The van der Waals surface area contributed by atoms with Crippen LogP contribution in [0.1, 0.15) is 38.8 Å². The van der Waals surface area contributed by atoms with Gasteiger partial charge in [0.2, 0.25) is 5.95 Å². The number of nitrogens with one attached hydrogen (secondary N) is 1. The van der Waals surface area contributed by atoms with Gasteiger partial charge in [-0.1, -0.05) is 56.6 Å². The Hall–Kier alpha value is -2.98. The van der Waals surface area contributed by atoms with Crippen LogP contribution in [-0.2, 0) is 12.0 Å². The molecule has 0 bridgehead atoms. The van der Waals surface area contributed by atoms with E-state index in [0.29, 0.717) is 18.2 Å². The first kappa shape index (κ1) is 21.3. The minimum atomic E-state index is 0.146. The fraction of sp³-hybridized carbons (Fsp3) is 0.269. The highest BCUT2D eigenvalue weighted by atomic mass is 35.5. The maximum absolute atomic E-state index is 6.22. The SMILES string of the molecule is CCOc1ccc(-n2c(NCc3ccc(C(C)(C)C)cc3)nc3cc(Cl)ccc32)cc1. The van der Waals surface area contributed by atoms with Crippen molar-refractivity contribution in [1.29, 1.82) is 0 Å². The molecule has 5 heteroatoms. The fourth-order valence-electron chi connectivity index (χ4n) is 3.60. The van der Waals surface area contributed by atoms with Crippen molar-refractivity contribution in [1.82, 2.24) is 9.55 Å². The van der Waals surface area contributed by atoms with Gasteiger partial charge in [-0.3, -0.25) is 4.57 Å². The lowest BCUT2D eigenvalue weighted by Crippen LogP contribution is -2.11. The van der Waals surface area contributed by atoms with Gasteiger partial charge in [-0.2, -0.15) is 0 Å². The summed E-state index contributed by atoms with van der Waals surface area (Å²) in [6.45, 7) is 9.99. The molecule has 0 amide bonds. The number of benzene rings is 3. The van der Waals surface area contributed by atoms with E-state index in [1.54, 1.807) is 0 Å². The molecule has 1 N–H and O–H groups in total. The Morgan fingerprint density at radius 2 is 1.68 bits per heavy atom. The van der Waals surface area contributed by atoms with Gasteiger partial charge in [0.15, 0.2) is 0 Å². The van der Waals surface area contributed by atoms with Gasteiger partial charge in [-0.15, -0.1) is 0 Å².